The molecule has 0 radical (unpaired) electrons. The van der Waals surface area contributed by atoms with Gasteiger partial charge in [-0.05, 0) is 37.3 Å². The summed E-state index contributed by atoms with van der Waals surface area (Å²) >= 11 is 17.8. The fraction of sp³-hybridized carbons (Fsp3) is 0.143. The molecule has 0 aliphatic carbocycles. The standard InChI is InChI=1S/C14H11Cl3FNO/c1-7(9-4-8(18)2-3-14(9)20)19-13-6-11(16)10(15)5-12(13)17/h2-7,19-20H,1H3. The van der Waals surface area contributed by atoms with Crippen LogP contribution in [0.3, 0.4) is 0 Å². The lowest BCUT2D eigenvalue weighted by Gasteiger charge is -2.18. The second-order valence-corrected chi connectivity index (χ2v) is 5.54. The Morgan fingerprint density at radius 1 is 1.05 bits per heavy atom. The van der Waals surface area contributed by atoms with Crippen molar-refractivity contribution in [3.63, 3.8) is 0 Å². The van der Waals surface area contributed by atoms with E-state index < -0.39 is 5.82 Å². The smallest absolute Gasteiger partial charge is 0.123 e. The highest BCUT2D eigenvalue weighted by Crippen LogP contribution is 2.35. The highest BCUT2D eigenvalue weighted by molar-refractivity contribution is 6.44. The Hall–Kier alpha value is -1.16. The van der Waals surface area contributed by atoms with Crippen molar-refractivity contribution in [1.29, 1.82) is 0 Å². The largest absolute Gasteiger partial charge is 0.508 e. The van der Waals surface area contributed by atoms with Crippen molar-refractivity contribution in [3.8, 4) is 5.75 Å². The minimum Gasteiger partial charge on any atom is -0.508 e. The van der Waals surface area contributed by atoms with Gasteiger partial charge in [-0.1, -0.05) is 34.8 Å². The zero-order valence-corrected chi connectivity index (χ0v) is 12.7. The predicted octanol–water partition coefficient (Wildman–Crippen LogP) is 5.66. The summed E-state index contributed by atoms with van der Waals surface area (Å²) in [6.45, 7) is 1.77. The van der Waals surface area contributed by atoms with E-state index in [-0.39, 0.29) is 11.8 Å². The molecule has 0 heterocycles. The third-order valence-electron chi connectivity index (χ3n) is 2.84. The molecule has 20 heavy (non-hydrogen) atoms. The van der Waals surface area contributed by atoms with Crippen molar-refractivity contribution < 1.29 is 9.50 Å². The maximum atomic E-state index is 13.2. The summed E-state index contributed by atoms with van der Waals surface area (Å²) in [4.78, 5) is 0. The number of phenols is 1. The number of benzene rings is 2. The molecule has 0 saturated carbocycles. The summed E-state index contributed by atoms with van der Waals surface area (Å²) in [5, 5.41) is 13.9. The third-order valence-corrected chi connectivity index (χ3v) is 3.87. The first-order valence-corrected chi connectivity index (χ1v) is 6.91. The van der Waals surface area contributed by atoms with Gasteiger partial charge < -0.3 is 10.4 Å². The average Bonchev–Trinajstić information content (AvgIpc) is 2.38. The summed E-state index contributed by atoms with van der Waals surface area (Å²) in [7, 11) is 0. The summed E-state index contributed by atoms with van der Waals surface area (Å²) in [6.07, 6.45) is 0. The Bertz CT molecular complexity index is 649. The second kappa shape index (κ2) is 6.08. The summed E-state index contributed by atoms with van der Waals surface area (Å²) in [5.74, 6) is -0.422. The fourth-order valence-electron chi connectivity index (χ4n) is 1.82. The maximum Gasteiger partial charge on any atom is 0.123 e. The molecule has 106 valence electrons. The van der Waals surface area contributed by atoms with Crippen molar-refractivity contribution in [3.05, 3.63) is 56.8 Å². The molecular formula is C14H11Cl3FNO. The Morgan fingerprint density at radius 2 is 1.70 bits per heavy atom. The Morgan fingerprint density at radius 3 is 2.40 bits per heavy atom. The van der Waals surface area contributed by atoms with Crippen LogP contribution < -0.4 is 5.32 Å². The molecule has 0 spiro atoms. The number of aromatic hydroxyl groups is 1. The van der Waals surface area contributed by atoms with Gasteiger partial charge in [-0.2, -0.15) is 0 Å². The van der Waals surface area contributed by atoms with Gasteiger partial charge in [0.1, 0.15) is 11.6 Å². The van der Waals surface area contributed by atoms with Crippen LogP contribution in [0.15, 0.2) is 30.3 Å². The number of anilines is 1. The van der Waals surface area contributed by atoms with Crippen LogP contribution in [0, 0.1) is 5.82 Å². The Balaban J connectivity index is 2.30. The van der Waals surface area contributed by atoms with Gasteiger partial charge in [-0.25, -0.2) is 4.39 Å². The highest BCUT2D eigenvalue weighted by atomic mass is 35.5. The minimum atomic E-state index is -0.424. The summed E-state index contributed by atoms with van der Waals surface area (Å²) in [5.41, 5.74) is 0.976. The SMILES string of the molecule is CC(Nc1cc(Cl)c(Cl)cc1Cl)c1cc(F)ccc1O. The molecule has 0 aliphatic heterocycles. The van der Waals surface area contributed by atoms with Crippen LogP contribution in [-0.2, 0) is 0 Å². The molecule has 1 atom stereocenters. The number of hydrogen-bond acceptors (Lipinski definition) is 2. The lowest BCUT2D eigenvalue weighted by atomic mass is 10.1. The first-order chi connectivity index (χ1) is 9.38. The third kappa shape index (κ3) is 3.29. The Kier molecular flexibility index (Phi) is 4.63. The fourth-order valence-corrected chi connectivity index (χ4v) is 2.42. The summed E-state index contributed by atoms with van der Waals surface area (Å²) < 4.78 is 13.2. The number of hydrogen-bond donors (Lipinski definition) is 2. The van der Waals surface area contributed by atoms with Crippen molar-refractivity contribution >= 4 is 40.5 Å². The van der Waals surface area contributed by atoms with Crippen LogP contribution in [0.25, 0.3) is 0 Å². The van der Waals surface area contributed by atoms with E-state index in [0.29, 0.717) is 26.3 Å². The number of halogens is 4. The molecular weight excluding hydrogens is 324 g/mol. The normalized spacial score (nSPS) is 12.2. The van der Waals surface area contributed by atoms with Gasteiger partial charge in [0.15, 0.2) is 0 Å². The van der Waals surface area contributed by atoms with E-state index in [2.05, 4.69) is 5.32 Å². The average molecular weight is 335 g/mol. The van der Waals surface area contributed by atoms with Gasteiger partial charge in [0.05, 0.1) is 26.8 Å². The van der Waals surface area contributed by atoms with E-state index in [1.54, 1.807) is 13.0 Å². The van der Waals surface area contributed by atoms with Crippen LogP contribution >= 0.6 is 34.8 Å². The number of rotatable bonds is 3. The van der Waals surface area contributed by atoms with Crippen molar-refractivity contribution in [2.45, 2.75) is 13.0 Å². The maximum absolute atomic E-state index is 13.2. The van der Waals surface area contributed by atoms with Gasteiger partial charge in [0.2, 0.25) is 0 Å². The molecule has 0 amide bonds. The van der Waals surface area contributed by atoms with Gasteiger partial charge in [0.25, 0.3) is 0 Å². The van der Waals surface area contributed by atoms with Crippen LogP contribution in [0.5, 0.6) is 5.75 Å². The van der Waals surface area contributed by atoms with Crippen molar-refractivity contribution in [1.82, 2.24) is 0 Å². The van der Waals surface area contributed by atoms with E-state index in [1.807, 2.05) is 0 Å². The van der Waals surface area contributed by atoms with Gasteiger partial charge in [-0.15, -0.1) is 0 Å². The molecule has 2 nitrogen and oxygen atoms in total. The zero-order valence-electron chi connectivity index (χ0n) is 10.4. The van der Waals surface area contributed by atoms with E-state index >= 15 is 0 Å². The van der Waals surface area contributed by atoms with Crippen LogP contribution in [0.2, 0.25) is 15.1 Å². The van der Waals surface area contributed by atoms with E-state index in [0.717, 1.165) is 0 Å². The molecule has 0 fully saturated rings. The molecule has 1 unspecified atom stereocenters. The zero-order chi connectivity index (χ0) is 14.9. The molecule has 0 bridgehead atoms. The molecule has 2 aromatic rings. The molecule has 2 N–H and O–H groups in total. The highest BCUT2D eigenvalue weighted by Gasteiger charge is 2.14. The number of phenolic OH excluding ortho intramolecular Hbond substituents is 1. The van der Waals surface area contributed by atoms with Crippen molar-refractivity contribution in [2.24, 2.45) is 0 Å². The van der Waals surface area contributed by atoms with Gasteiger partial charge in [0, 0.05) is 5.56 Å². The van der Waals surface area contributed by atoms with E-state index in [1.165, 1.54) is 24.3 Å². The monoisotopic (exact) mass is 333 g/mol. The minimum absolute atomic E-state index is 0.00239. The molecule has 0 aliphatic rings. The Labute approximate surface area is 131 Å². The number of nitrogens with one attached hydrogen (secondary N) is 1. The van der Waals surface area contributed by atoms with E-state index in [9.17, 15) is 9.50 Å². The molecule has 2 rings (SSSR count). The first kappa shape index (κ1) is 15.2. The molecule has 0 saturated heterocycles. The lowest BCUT2D eigenvalue weighted by Crippen LogP contribution is -2.07. The van der Waals surface area contributed by atoms with Gasteiger partial charge in [-0.3, -0.25) is 0 Å². The second-order valence-electron chi connectivity index (χ2n) is 4.32. The summed E-state index contributed by atoms with van der Waals surface area (Å²) in [6, 6.07) is 6.50. The van der Waals surface area contributed by atoms with Crippen molar-refractivity contribution in [2.75, 3.05) is 5.32 Å². The van der Waals surface area contributed by atoms with Crippen LogP contribution in [-0.4, -0.2) is 5.11 Å². The molecule has 6 heteroatoms. The lowest BCUT2D eigenvalue weighted by molar-refractivity contribution is 0.462. The predicted molar refractivity (Wildman–Crippen MR) is 81.6 cm³/mol. The van der Waals surface area contributed by atoms with E-state index in [4.69, 9.17) is 34.8 Å². The van der Waals surface area contributed by atoms with Gasteiger partial charge >= 0.3 is 0 Å². The molecule has 0 aromatic heterocycles. The molecule has 2 aromatic carbocycles. The van der Waals surface area contributed by atoms with Crippen LogP contribution in [0.4, 0.5) is 10.1 Å². The quantitative estimate of drug-likeness (QED) is 0.709. The first-order valence-electron chi connectivity index (χ1n) is 5.78. The topological polar surface area (TPSA) is 32.3 Å². The van der Waals surface area contributed by atoms with Crippen LogP contribution in [0.1, 0.15) is 18.5 Å².